The summed E-state index contributed by atoms with van der Waals surface area (Å²) < 4.78 is 0. The lowest BCUT2D eigenvalue weighted by Crippen LogP contribution is -1.96. The van der Waals surface area contributed by atoms with Gasteiger partial charge in [-0.3, -0.25) is 0 Å². The van der Waals surface area contributed by atoms with Gasteiger partial charge in [-0.15, -0.1) is 0 Å². The van der Waals surface area contributed by atoms with Crippen molar-refractivity contribution < 1.29 is 5.11 Å². The Hall–Kier alpha value is -3.00. The highest BCUT2D eigenvalue weighted by molar-refractivity contribution is 6.00. The number of hydrogen-bond donors (Lipinski definition) is 2. The third kappa shape index (κ3) is 3.03. The molecule has 4 rings (SSSR count). The van der Waals surface area contributed by atoms with Crippen molar-refractivity contribution in [2.75, 3.05) is 5.73 Å². The van der Waals surface area contributed by atoms with Gasteiger partial charge in [0, 0.05) is 5.69 Å². The van der Waals surface area contributed by atoms with Crippen LogP contribution < -0.4 is 5.73 Å². The molecule has 3 N–H and O–H groups in total. The van der Waals surface area contributed by atoms with Crippen LogP contribution in [0.4, 0.5) is 5.69 Å². The fraction of sp³-hybridized carbons (Fsp3) is 0.130. The van der Waals surface area contributed by atoms with Crippen molar-refractivity contribution in [1.82, 2.24) is 0 Å². The number of aromatic hydroxyl groups is 1. The van der Waals surface area contributed by atoms with Crippen molar-refractivity contribution in [2.45, 2.75) is 19.3 Å². The van der Waals surface area contributed by atoms with Gasteiger partial charge in [0.1, 0.15) is 5.75 Å². The smallest absolute Gasteiger partial charge is 0.115 e. The number of phenols is 1. The molecule has 0 aliphatic heterocycles. The van der Waals surface area contributed by atoms with E-state index < -0.39 is 0 Å². The number of phenolic OH excluding ortho intramolecular Hbond substituents is 1. The van der Waals surface area contributed by atoms with Crippen LogP contribution in [0.2, 0.25) is 0 Å². The second kappa shape index (κ2) is 6.48. The summed E-state index contributed by atoms with van der Waals surface area (Å²) >= 11 is 0. The molecule has 0 unspecified atom stereocenters. The maximum atomic E-state index is 9.92. The predicted octanol–water partition coefficient (Wildman–Crippen LogP) is 5.27. The number of aryl methyl sites for hydroxylation is 1. The van der Waals surface area contributed by atoms with Crippen molar-refractivity contribution in [3.8, 4) is 5.75 Å². The first-order chi connectivity index (χ1) is 12.2. The summed E-state index contributed by atoms with van der Waals surface area (Å²) in [5.41, 5.74) is 14.1. The Morgan fingerprint density at radius 2 is 1.52 bits per heavy atom. The molecule has 1 aliphatic rings. The van der Waals surface area contributed by atoms with Crippen molar-refractivity contribution in [1.29, 1.82) is 0 Å². The van der Waals surface area contributed by atoms with Crippen molar-refractivity contribution in [2.24, 2.45) is 0 Å². The van der Waals surface area contributed by atoms with E-state index in [2.05, 4.69) is 42.5 Å². The van der Waals surface area contributed by atoms with Crippen LogP contribution in [-0.4, -0.2) is 5.11 Å². The average molecular weight is 327 g/mol. The molecular weight excluding hydrogens is 306 g/mol. The van der Waals surface area contributed by atoms with Crippen molar-refractivity contribution >= 4 is 16.8 Å². The Bertz CT molecular complexity index is 924. The highest BCUT2D eigenvalue weighted by Crippen LogP contribution is 2.40. The minimum atomic E-state index is 0.332. The standard InChI is InChI=1S/C23H21NO/c24-19-11-9-17(10-12-19)23-21(16-5-2-1-3-6-16)8-4-7-18-15-20(25)13-14-22(18)23/h1-3,5-6,9-15,25H,4,7-8,24H2. The molecule has 0 amide bonds. The van der Waals surface area contributed by atoms with E-state index in [0.29, 0.717) is 5.75 Å². The molecule has 0 bridgehead atoms. The summed E-state index contributed by atoms with van der Waals surface area (Å²) in [7, 11) is 0. The number of nitrogen functional groups attached to an aromatic ring is 1. The Morgan fingerprint density at radius 3 is 2.28 bits per heavy atom. The van der Waals surface area contributed by atoms with Gasteiger partial charge < -0.3 is 10.8 Å². The van der Waals surface area contributed by atoms with E-state index in [4.69, 9.17) is 5.73 Å². The maximum absolute atomic E-state index is 9.92. The molecule has 2 heteroatoms. The predicted molar refractivity (Wildman–Crippen MR) is 104 cm³/mol. The van der Waals surface area contributed by atoms with Gasteiger partial charge in [-0.25, -0.2) is 0 Å². The first-order valence-corrected chi connectivity index (χ1v) is 8.69. The number of rotatable bonds is 2. The second-order valence-corrected chi connectivity index (χ2v) is 6.54. The van der Waals surface area contributed by atoms with Crippen LogP contribution in [0.5, 0.6) is 5.75 Å². The number of benzene rings is 3. The molecule has 0 saturated heterocycles. The first-order valence-electron chi connectivity index (χ1n) is 8.69. The third-order valence-corrected chi connectivity index (χ3v) is 4.85. The zero-order valence-electron chi connectivity index (χ0n) is 14.1. The number of nitrogens with two attached hydrogens (primary N) is 1. The summed E-state index contributed by atoms with van der Waals surface area (Å²) in [5, 5.41) is 9.92. The molecule has 0 fully saturated rings. The Labute approximate surface area is 148 Å². The highest BCUT2D eigenvalue weighted by Gasteiger charge is 2.20. The molecule has 25 heavy (non-hydrogen) atoms. The van der Waals surface area contributed by atoms with Crippen LogP contribution in [0, 0.1) is 0 Å². The van der Waals surface area contributed by atoms with Gasteiger partial charge in [-0.1, -0.05) is 48.5 Å². The van der Waals surface area contributed by atoms with Crippen molar-refractivity contribution in [3.63, 3.8) is 0 Å². The van der Waals surface area contributed by atoms with Gasteiger partial charge >= 0.3 is 0 Å². The van der Waals surface area contributed by atoms with E-state index in [9.17, 15) is 5.11 Å². The number of hydrogen-bond acceptors (Lipinski definition) is 2. The quantitative estimate of drug-likeness (QED) is 0.630. The molecular formula is C23H21NO. The summed E-state index contributed by atoms with van der Waals surface area (Å²) in [6.07, 6.45) is 3.05. The monoisotopic (exact) mass is 327 g/mol. The SMILES string of the molecule is Nc1ccc(C2=C(c3ccccc3)CCCc3cc(O)ccc32)cc1. The van der Waals surface area contributed by atoms with Gasteiger partial charge in [-0.05, 0) is 76.9 Å². The second-order valence-electron chi connectivity index (χ2n) is 6.54. The van der Waals surface area contributed by atoms with E-state index in [1.165, 1.54) is 33.4 Å². The van der Waals surface area contributed by atoms with Crippen LogP contribution >= 0.6 is 0 Å². The summed E-state index contributed by atoms with van der Waals surface area (Å²) in [6, 6.07) is 24.4. The summed E-state index contributed by atoms with van der Waals surface area (Å²) in [5.74, 6) is 0.332. The minimum absolute atomic E-state index is 0.332. The van der Waals surface area contributed by atoms with Crippen LogP contribution in [-0.2, 0) is 6.42 Å². The zero-order valence-corrected chi connectivity index (χ0v) is 14.1. The molecule has 0 saturated carbocycles. The van der Waals surface area contributed by atoms with E-state index in [0.717, 1.165) is 24.9 Å². The lowest BCUT2D eigenvalue weighted by Gasteiger charge is -2.17. The Balaban J connectivity index is 2.01. The minimum Gasteiger partial charge on any atom is -0.508 e. The van der Waals surface area contributed by atoms with Crippen LogP contribution in [0.3, 0.4) is 0 Å². The van der Waals surface area contributed by atoms with Gasteiger partial charge in [-0.2, -0.15) is 0 Å². The normalized spacial score (nSPS) is 14.1. The van der Waals surface area contributed by atoms with Crippen molar-refractivity contribution in [3.05, 3.63) is 95.1 Å². The molecule has 124 valence electrons. The largest absolute Gasteiger partial charge is 0.508 e. The fourth-order valence-electron chi connectivity index (χ4n) is 3.68. The van der Waals surface area contributed by atoms with Gasteiger partial charge in [0.25, 0.3) is 0 Å². The highest BCUT2D eigenvalue weighted by atomic mass is 16.3. The van der Waals surface area contributed by atoms with Crippen LogP contribution in [0.25, 0.3) is 11.1 Å². The molecule has 0 aromatic heterocycles. The number of allylic oxidation sites excluding steroid dienone is 1. The van der Waals surface area contributed by atoms with Crippen LogP contribution in [0.1, 0.15) is 35.1 Å². The van der Waals surface area contributed by atoms with Gasteiger partial charge in [0.15, 0.2) is 0 Å². The number of fused-ring (bicyclic) bond motifs is 1. The molecule has 0 heterocycles. The zero-order chi connectivity index (χ0) is 17.2. The molecule has 2 nitrogen and oxygen atoms in total. The van der Waals surface area contributed by atoms with E-state index in [1.54, 1.807) is 6.07 Å². The summed E-state index contributed by atoms with van der Waals surface area (Å²) in [6.45, 7) is 0. The third-order valence-electron chi connectivity index (χ3n) is 4.85. The lowest BCUT2D eigenvalue weighted by atomic mass is 9.88. The lowest BCUT2D eigenvalue weighted by molar-refractivity contribution is 0.474. The molecule has 0 radical (unpaired) electrons. The average Bonchev–Trinajstić information content (AvgIpc) is 2.82. The van der Waals surface area contributed by atoms with E-state index in [1.807, 2.05) is 24.3 Å². The molecule has 1 aliphatic carbocycles. The topological polar surface area (TPSA) is 46.2 Å². The van der Waals surface area contributed by atoms with Gasteiger partial charge in [0.2, 0.25) is 0 Å². The van der Waals surface area contributed by atoms with E-state index in [-0.39, 0.29) is 0 Å². The Morgan fingerprint density at radius 1 is 0.760 bits per heavy atom. The van der Waals surface area contributed by atoms with Crippen LogP contribution in [0.15, 0.2) is 72.8 Å². The van der Waals surface area contributed by atoms with E-state index >= 15 is 0 Å². The molecule has 3 aromatic carbocycles. The van der Waals surface area contributed by atoms with Gasteiger partial charge in [0.05, 0.1) is 0 Å². The summed E-state index contributed by atoms with van der Waals surface area (Å²) in [4.78, 5) is 0. The molecule has 0 atom stereocenters. The fourth-order valence-corrected chi connectivity index (χ4v) is 3.68. The number of anilines is 1. The first kappa shape index (κ1) is 15.5. The maximum Gasteiger partial charge on any atom is 0.115 e. The molecule has 0 spiro atoms. The molecule has 3 aromatic rings. The Kier molecular flexibility index (Phi) is 4.02.